The van der Waals surface area contributed by atoms with E-state index < -0.39 is 15.9 Å². The molecule has 32 heavy (non-hydrogen) atoms. The summed E-state index contributed by atoms with van der Waals surface area (Å²) in [5.41, 5.74) is 0.277. The van der Waals surface area contributed by atoms with Crippen LogP contribution in [0.25, 0.3) is 0 Å². The minimum Gasteiger partial charge on any atom is -0.396 e. The summed E-state index contributed by atoms with van der Waals surface area (Å²) in [4.78, 5) is 22.9. The van der Waals surface area contributed by atoms with Crippen LogP contribution < -0.4 is 10.0 Å². The van der Waals surface area contributed by atoms with Crippen LogP contribution in [0.1, 0.15) is 16.9 Å². The number of nitrogens with zero attached hydrogens (tertiary/aromatic N) is 2. The molecule has 13 heteroatoms. The molecule has 1 heterocycles. The first kappa shape index (κ1) is 25.8. The Hall–Kier alpha value is -2.42. The third kappa shape index (κ3) is 7.93. The number of amides is 1. The predicted molar refractivity (Wildman–Crippen MR) is 119 cm³/mol. The van der Waals surface area contributed by atoms with Gasteiger partial charge in [0.05, 0.1) is 23.0 Å². The molecule has 0 spiro atoms. The number of carbonyl (C=O) groups is 1. The van der Waals surface area contributed by atoms with Crippen molar-refractivity contribution in [2.75, 3.05) is 45.9 Å². The van der Waals surface area contributed by atoms with E-state index in [1.54, 1.807) is 13.3 Å². The number of thiazole rings is 1. The van der Waals surface area contributed by atoms with Gasteiger partial charge >= 0.3 is 0 Å². The summed E-state index contributed by atoms with van der Waals surface area (Å²) < 4.78 is 36.9. The third-order valence-corrected chi connectivity index (χ3v) is 6.22. The summed E-state index contributed by atoms with van der Waals surface area (Å²) >= 11 is 1.25. The van der Waals surface area contributed by atoms with Crippen molar-refractivity contribution in [1.29, 1.82) is 0 Å². The number of carbonyl (C=O) groups excluding carboxylic acids is 1. The van der Waals surface area contributed by atoms with Crippen LogP contribution in [0, 0.1) is 0 Å². The summed E-state index contributed by atoms with van der Waals surface area (Å²) in [6, 6.07) is 5.63. The molecule has 11 nitrogen and oxygen atoms in total. The molecule has 0 saturated heterocycles. The second-order valence-electron chi connectivity index (χ2n) is 6.28. The summed E-state index contributed by atoms with van der Waals surface area (Å²) in [5.74, 6) is -0.582. The Balaban J connectivity index is 2.20. The lowest BCUT2D eigenvalue weighted by atomic mass is 10.1. The summed E-state index contributed by atoms with van der Waals surface area (Å²) in [6.45, 7) is 0.766. The van der Waals surface area contributed by atoms with Gasteiger partial charge in [-0.05, 0) is 12.1 Å². The SMILES string of the molecule is COCCNS(=O)(=O)c1ccc(/C(=N\OCCCO)C(=O)Nc2ncc(COC)s2)cc1. The van der Waals surface area contributed by atoms with Gasteiger partial charge in [0, 0.05) is 45.6 Å². The molecule has 1 amide bonds. The second kappa shape index (κ2) is 13.2. The third-order valence-electron chi connectivity index (χ3n) is 3.86. The number of aliphatic hydroxyl groups is 1. The Morgan fingerprint density at radius 1 is 1.19 bits per heavy atom. The minimum absolute atomic E-state index is 0.0300. The fourth-order valence-electron chi connectivity index (χ4n) is 2.35. The molecule has 1 aromatic heterocycles. The predicted octanol–water partition coefficient (Wildman–Crippen LogP) is 0.956. The average Bonchev–Trinajstić information content (AvgIpc) is 3.21. The molecule has 0 aliphatic heterocycles. The quantitative estimate of drug-likeness (QED) is 0.203. The summed E-state index contributed by atoms with van der Waals surface area (Å²) in [6.07, 6.45) is 1.93. The van der Waals surface area contributed by atoms with Crippen molar-refractivity contribution < 1.29 is 32.6 Å². The molecule has 0 atom stereocenters. The van der Waals surface area contributed by atoms with Crippen LogP contribution in [0.4, 0.5) is 5.13 Å². The zero-order valence-corrected chi connectivity index (χ0v) is 19.4. The smallest absolute Gasteiger partial charge is 0.280 e. The first-order valence-corrected chi connectivity index (χ1v) is 11.9. The van der Waals surface area contributed by atoms with Gasteiger partial charge in [0.2, 0.25) is 10.0 Å². The van der Waals surface area contributed by atoms with Gasteiger partial charge in [-0.1, -0.05) is 28.6 Å². The Kier molecular flexibility index (Phi) is 10.7. The second-order valence-corrected chi connectivity index (χ2v) is 9.17. The van der Waals surface area contributed by atoms with Crippen molar-refractivity contribution in [3.63, 3.8) is 0 Å². The highest BCUT2D eigenvalue weighted by molar-refractivity contribution is 7.89. The van der Waals surface area contributed by atoms with Gasteiger partial charge < -0.3 is 19.4 Å². The highest BCUT2D eigenvalue weighted by atomic mass is 32.2. The van der Waals surface area contributed by atoms with E-state index in [9.17, 15) is 13.2 Å². The van der Waals surface area contributed by atoms with E-state index >= 15 is 0 Å². The molecule has 176 valence electrons. The molecule has 0 unspecified atom stereocenters. The number of sulfonamides is 1. The Labute approximate surface area is 190 Å². The van der Waals surface area contributed by atoms with Crippen LogP contribution in [-0.2, 0) is 35.7 Å². The van der Waals surface area contributed by atoms with Crippen LogP contribution in [-0.4, -0.2) is 70.7 Å². The molecule has 3 N–H and O–H groups in total. The maximum Gasteiger partial charge on any atom is 0.280 e. The first-order valence-electron chi connectivity index (χ1n) is 9.56. The highest BCUT2D eigenvalue weighted by Crippen LogP contribution is 2.19. The normalized spacial score (nSPS) is 12.0. The Morgan fingerprint density at radius 2 is 1.94 bits per heavy atom. The van der Waals surface area contributed by atoms with Crippen LogP contribution in [0.3, 0.4) is 0 Å². The number of hydrogen-bond donors (Lipinski definition) is 3. The van der Waals surface area contributed by atoms with Crippen molar-refractivity contribution in [3.8, 4) is 0 Å². The van der Waals surface area contributed by atoms with Crippen molar-refractivity contribution in [2.24, 2.45) is 5.16 Å². The molecule has 0 bridgehead atoms. The number of oxime groups is 1. The molecular formula is C19H26N4O7S2. The lowest BCUT2D eigenvalue weighted by molar-refractivity contribution is -0.110. The van der Waals surface area contributed by atoms with Crippen LogP contribution in [0.5, 0.6) is 0 Å². The highest BCUT2D eigenvalue weighted by Gasteiger charge is 2.19. The maximum absolute atomic E-state index is 12.8. The number of rotatable bonds is 14. The average molecular weight is 487 g/mol. The number of aliphatic hydroxyl groups excluding tert-OH is 1. The summed E-state index contributed by atoms with van der Waals surface area (Å²) in [7, 11) is -0.688. The van der Waals surface area contributed by atoms with E-state index in [1.807, 2.05) is 0 Å². The lowest BCUT2D eigenvalue weighted by Gasteiger charge is -2.09. The number of ether oxygens (including phenoxy) is 2. The van der Waals surface area contributed by atoms with Crippen LogP contribution >= 0.6 is 11.3 Å². The zero-order chi connectivity index (χ0) is 23.4. The monoisotopic (exact) mass is 486 g/mol. The van der Waals surface area contributed by atoms with E-state index in [2.05, 4.69) is 20.2 Å². The topological polar surface area (TPSA) is 148 Å². The number of hydrogen-bond acceptors (Lipinski definition) is 10. The molecule has 0 fully saturated rings. The van der Waals surface area contributed by atoms with Crippen molar-refractivity contribution in [2.45, 2.75) is 17.9 Å². The number of nitrogens with one attached hydrogen (secondary N) is 2. The number of methoxy groups -OCH3 is 2. The largest absolute Gasteiger partial charge is 0.396 e. The maximum atomic E-state index is 12.8. The molecule has 0 aliphatic rings. The van der Waals surface area contributed by atoms with Crippen LogP contribution in [0.15, 0.2) is 40.5 Å². The standard InChI is InChI=1S/C19H26N4O7S2/c1-28-11-8-21-32(26,27)16-6-4-14(5-7-16)17(23-30-10-3-9-24)18(25)22-19-20-12-15(31-19)13-29-2/h4-7,12,21,24H,3,8-11,13H2,1-2H3,(H,20,22,25)/b23-17+. The lowest BCUT2D eigenvalue weighted by Crippen LogP contribution is -2.27. The van der Waals surface area contributed by atoms with Crippen molar-refractivity contribution in [1.82, 2.24) is 9.71 Å². The van der Waals surface area contributed by atoms with Gasteiger partial charge in [0.15, 0.2) is 10.8 Å². The van der Waals surface area contributed by atoms with Crippen LogP contribution in [0.2, 0.25) is 0 Å². The molecule has 0 saturated carbocycles. The molecule has 0 aliphatic carbocycles. The van der Waals surface area contributed by atoms with Gasteiger partial charge in [-0.25, -0.2) is 18.1 Å². The van der Waals surface area contributed by atoms with E-state index in [0.29, 0.717) is 23.7 Å². The van der Waals surface area contributed by atoms with Gasteiger partial charge in [-0.2, -0.15) is 0 Å². The van der Waals surface area contributed by atoms with Gasteiger partial charge in [-0.3, -0.25) is 10.1 Å². The molecule has 0 radical (unpaired) electrons. The first-order chi connectivity index (χ1) is 15.4. The van der Waals surface area contributed by atoms with Gasteiger partial charge in [-0.15, -0.1) is 0 Å². The number of benzene rings is 1. The Bertz CT molecular complexity index is 991. The molecule has 2 aromatic rings. The molecule has 1 aromatic carbocycles. The van der Waals surface area contributed by atoms with Gasteiger partial charge in [0.1, 0.15) is 6.61 Å². The minimum atomic E-state index is -3.72. The summed E-state index contributed by atoms with van der Waals surface area (Å²) in [5, 5.41) is 15.8. The van der Waals surface area contributed by atoms with E-state index in [1.165, 1.54) is 42.7 Å². The van der Waals surface area contributed by atoms with E-state index in [4.69, 9.17) is 19.4 Å². The van der Waals surface area contributed by atoms with Crippen molar-refractivity contribution >= 4 is 38.1 Å². The fraction of sp³-hybridized carbons (Fsp3) is 0.421. The van der Waals surface area contributed by atoms with Crippen molar-refractivity contribution in [3.05, 3.63) is 40.9 Å². The van der Waals surface area contributed by atoms with Gasteiger partial charge in [0.25, 0.3) is 5.91 Å². The molecule has 2 rings (SSSR count). The Morgan fingerprint density at radius 3 is 2.59 bits per heavy atom. The molecular weight excluding hydrogens is 460 g/mol. The fourth-order valence-corrected chi connectivity index (χ4v) is 4.14. The number of anilines is 1. The van der Waals surface area contributed by atoms with E-state index in [0.717, 1.165) is 4.88 Å². The number of aromatic nitrogens is 1. The zero-order valence-electron chi connectivity index (χ0n) is 17.7. The van der Waals surface area contributed by atoms with E-state index in [-0.39, 0.29) is 37.0 Å².